The van der Waals surface area contributed by atoms with Gasteiger partial charge >= 0.3 is 0 Å². The van der Waals surface area contributed by atoms with E-state index in [0.717, 1.165) is 12.8 Å². The van der Waals surface area contributed by atoms with Crippen LogP contribution in [0.4, 0.5) is 5.69 Å². The largest absolute Gasteiger partial charge is 0.352 e. The molecule has 5 nitrogen and oxygen atoms in total. The normalized spacial score (nSPS) is 10.0. The predicted molar refractivity (Wildman–Crippen MR) is 113 cm³/mol. The van der Waals surface area contributed by atoms with Gasteiger partial charge < -0.3 is 10.6 Å². The molecule has 0 spiro atoms. The van der Waals surface area contributed by atoms with Crippen molar-refractivity contribution in [1.29, 1.82) is 5.26 Å². The lowest BCUT2D eigenvalue weighted by atomic mass is 10.1. The van der Waals surface area contributed by atoms with Crippen molar-refractivity contribution >= 4 is 17.5 Å². The molecule has 3 rings (SSSR count). The molecule has 0 bridgehead atoms. The number of nitrogens with one attached hydrogen (secondary N) is 2. The molecule has 2 N–H and O–H groups in total. The van der Waals surface area contributed by atoms with Crippen molar-refractivity contribution in [3.8, 4) is 6.07 Å². The maximum Gasteiger partial charge on any atom is 0.255 e. The van der Waals surface area contributed by atoms with Crippen LogP contribution in [0, 0.1) is 11.3 Å². The van der Waals surface area contributed by atoms with Gasteiger partial charge in [0.25, 0.3) is 11.8 Å². The number of amides is 2. The van der Waals surface area contributed by atoms with Gasteiger partial charge in [0.1, 0.15) is 0 Å². The number of carbonyl (C=O) groups excluding carboxylic acids is 2. The van der Waals surface area contributed by atoms with Crippen molar-refractivity contribution in [2.45, 2.75) is 12.8 Å². The predicted octanol–water partition coefficient (Wildman–Crippen LogP) is 4.17. The highest BCUT2D eigenvalue weighted by Crippen LogP contribution is 2.12. The zero-order valence-corrected chi connectivity index (χ0v) is 15.9. The molecule has 3 aromatic carbocycles. The number of rotatable bonds is 7. The Labute approximate surface area is 170 Å². The summed E-state index contributed by atoms with van der Waals surface area (Å²) in [4.78, 5) is 24.6. The molecular formula is C24H21N3O2. The minimum Gasteiger partial charge on any atom is -0.352 e. The lowest BCUT2D eigenvalue weighted by molar-refractivity contribution is 0.0951. The quantitative estimate of drug-likeness (QED) is 0.601. The van der Waals surface area contributed by atoms with Crippen LogP contribution in [0.2, 0.25) is 0 Å². The second-order valence-electron chi connectivity index (χ2n) is 6.57. The van der Waals surface area contributed by atoms with E-state index in [1.807, 2.05) is 24.3 Å². The maximum atomic E-state index is 12.3. The Kier molecular flexibility index (Phi) is 6.75. The van der Waals surface area contributed by atoms with E-state index in [1.165, 1.54) is 5.56 Å². The standard InChI is InChI=1S/C24H21N3O2/c25-17-19-8-14-22(15-9-19)27-24(29)21-12-10-20(11-13-21)23(28)26-16-4-7-18-5-2-1-3-6-18/h1-3,5-6,8-15H,4,7,16H2,(H,26,28)(H,27,29). The highest BCUT2D eigenvalue weighted by Gasteiger charge is 2.09. The molecule has 0 atom stereocenters. The van der Waals surface area contributed by atoms with Crippen LogP contribution in [0.25, 0.3) is 0 Å². The molecule has 0 fully saturated rings. The van der Waals surface area contributed by atoms with Crippen molar-refractivity contribution < 1.29 is 9.59 Å². The van der Waals surface area contributed by atoms with Gasteiger partial charge in [0.05, 0.1) is 11.6 Å². The van der Waals surface area contributed by atoms with Gasteiger partial charge in [-0.15, -0.1) is 0 Å². The lowest BCUT2D eigenvalue weighted by Gasteiger charge is -2.08. The Morgan fingerprint density at radius 3 is 2.03 bits per heavy atom. The van der Waals surface area contributed by atoms with Crippen molar-refractivity contribution in [2.75, 3.05) is 11.9 Å². The Morgan fingerprint density at radius 1 is 0.793 bits per heavy atom. The molecule has 2 amide bonds. The summed E-state index contributed by atoms with van der Waals surface area (Å²) in [7, 11) is 0. The SMILES string of the molecule is N#Cc1ccc(NC(=O)c2ccc(C(=O)NCCCc3ccccc3)cc2)cc1. The Morgan fingerprint density at radius 2 is 1.41 bits per heavy atom. The summed E-state index contributed by atoms with van der Waals surface area (Å²) in [6, 6.07) is 25.3. The van der Waals surface area contributed by atoms with Crippen LogP contribution < -0.4 is 10.6 Å². The molecule has 5 heteroatoms. The first-order valence-corrected chi connectivity index (χ1v) is 9.39. The van der Waals surface area contributed by atoms with Crippen LogP contribution in [0.5, 0.6) is 0 Å². The number of nitriles is 1. The summed E-state index contributed by atoms with van der Waals surface area (Å²) in [5, 5.41) is 14.5. The second-order valence-corrected chi connectivity index (χ2v) is 6.57. The van der Waals surface area contributed by atoms with E-state index in [-0.39, 0.29) is 11.8 Å². The third kappa shape index (κ3) is 5.78. The molecule has 0 aliphatic rings. The van der Waals surface area contributed by atoms with Crippen molar-refractivity contribution in [1.82, 2.24) is 5.32 Å². The molecule has 0 saturated heterocycles. The number of hydrogen-bond acceptors (Lipinski definition) is 3. The topological polar surface area (TPSA) is 82.0 Å². The molecule has 29 heavy (non-hydrogen) atoms. The van der Waals surface area contributed by atoms with Crippen molar-refractivity contribution in [2.24, 2.45) is 0 Å². The molecule has 3 aromatic rings. The van der Waals surface area contributed by atoms with E-state index < -0.39 is 0 Å². The summed E-state index contributed by atoms with van der Waals surface area (Å²) in [5.41, 5.74) is 3.35. The van der Waals surface area contributed by atoms with Gasteiger partial charge in [0.2, 0.25) is 0 Å². The zero-order valence-electron chi connectivity index (χ0n) is 15.9. The van der Waals surface area contributed by atoms with Crippen LogP contribution in [-0.2, 0) is 6.42 Å². The first kappa shape index (κ1) is 19.8. The van der Waals surface area contributed by atoms with Gasteiger partial charge in [0, 0.05) is 23.4 Å². The van der Waals surface area contributed by atoms with E-state index in [4.69, 9.17) is 5.26 Å². The van der Waals surface area contributed by atoms with E-state index in [9.17, 15) is 9.59 Å². The van der Waals surface area contributed by atoms with E-state index in [2.05, 4.69) is 22.8 Å². The first-order valence-electron chi connectivity index (χ1n) is 9.39. The monoisotopic (exact) mass is 383 g/mol. The van der Waals surface area contributed by atoms with Crippen molar-refractivity contribution in [3.05, 3.63) is 101 Å². The Balaban J connectivity index is 1.48. The van der Waals surface area contributed by atoms with Crippen LogP contribution >= 0.6 is 0 Å². The summed E-state index contributed by atoms with van der Waals surface area (Å²) < 4.78 is 0. The molecule has 0 saturated carbocycles. The minimum atomic E-state index is -0.274. The van der Waals surface area contributed by atoms with Crippen LogP contribution in [0.3, 0.4) is 0 Å². The summed E-state index contributed by atoms with van der Waals surface area (Å²) >= 11 is 0. The van der Waals surface area contributed by atoms with E-state index in [0.29, 0.717) is 28.9 Å². The summed E-state index contributed by atoms with van der Waals surface area (Å²) in [6.45, 7) is 0.592. The average molecular weight is 383 g/mol. The molecule has 0 aromatic heterocycles. The van der Waals surface area contributed by atoms with Gasteiger partial charge in [-0.05, 0) is 66.9 Å². The molecule has 0 aliphatic carbocycles. The fourth-order valence-corrected chi connectivity index (χ4v) is 2.85. The first-order chi connectivity index (χ1) is 14.2. The van der Waals surface area contributed by atoms with Gasteiger partial charge in [-0.3, -0.25) is 9.59 Å². The maximum absolute atomic E-state index is 12.3. The second kappa shape index (κ2) is 9.86. The number of benzene rings is 3. The molecule has 0 aliphatic heterocycles. The number of aryl methyl sites for hydroxylation is 1. The lowest BCUT2D eigenvalue weighted by Crippen LogP contribution is -2.24. The summed E-state index contributed by atoms with van der Waals surface area (Å²) in [5.74, 6) is -0.429. The van der Waals surface area contributed by atoms with Gasteiger partial charge in [-0.1, -0.05) is 30.3 Å². The highest BCUT2D eigenvalue weighted by atomic mass is 16.2. The van der Waals surface area contributed by atoms with Gasteiger partial charge in [-0.25, -0.2) is 0 Å². The molecule has 0 heterocycles. The minimum absolute atomic E-state index is 0.155. The average Bonchev–Trinajstić information content (AvgIpc) is 2.78. The van der Waals surface area contributed by atoms with Crippen LogP contribution in [-0.4, -0.2) is 18.4 Å². The Bertz CT molecular complexity index is 1000. The van der Waals surface area contributed by atoms with Crippen LogP contribution in [0.1, 0.15) is 38.3 Å². The van der Waals surface area contributed by atoms with Crippen LogP contribution in [0.15, 0.2) is 78.9 Å². The molecule has 0 unspecified atom stereocenters. The third-order valence-corrected chi connectivity index (χ3v) is 4.45. The fraction of sp³-hybridized carbons (Fsp3) is 0.125. The fourth-order valence-electron chi connectivity index (χ4n) is 2.85. The smallest absolute Gasteiger partial charge is 0.255 e. The molecule has 0 radical (unpaired) electrons. The third-order valence-electron chi connectivity index (χ3n) is 4.45. The van der Waals surface area contributed by atoms with Gasteiger partial charge in [0.15, 0.2) is 0 Å². The highest BCUT2D eigenvalue weighted by molar-refractivity contribution is 6.05. The molecular weight excluding hydrogens is 362 g/mol. The molecule has 144 valence electrons. The number of hydrogen-bond donors (Lipinski definition) is 2. The number of carbonyl (C=O) groups is 2. The van der Waals surface area contributed by atoms with E-state index in [1.54, 1.807) is 48.5 Å². The Hall–Kier alpha value is -3.91. The summed E-state index contributed by atoms with van der Waals surface area (Å²) in [6.07, 6.45) is 1.77. The van der Waals surface area contributed by atoms with Crippen molar-refractivity contribution in [3.63, 3.8) is 0 Å². The van der Waals surface area contributed by atoms with Gasteiger partial charge in [-0.2, -0.15) is 5.26 Å². The number of nitrogens with zero attached hydrogens (tertiary/aromatic N) is 1. The zero-order chi connectivity index (χ0) is 20.5. The number of anilines is 1. The van der Waals surface area contributed by atoms with E-state index >= 15 is 0 Å².